The van der Waals surface area contributed by atoms with Crippen LogP contribution in [0, 0.1) is 0 Å². The number of hydrogen-bond acceptors (Lipinski definition) is 4. The largest absolute Gasteiger partial charge is 0.747 e. The molecule has 0 saturated carbocycles. The van der Waals surface area contributed by atoms with Crippen LogP contribution in [0.1, 0.15) is 19.4 Å². The fourth-order valence-electron chi connectivity index (χ4n) is 1.49. The van der Waals surface area contributed by atoms with Crippen molar-refractivity contribution in [3.63, 3.8) is 0 Å². The highest BCUT2D eigenvalue weighted by Crippen LogP contribution is 2.37. The zero-order chi connectivity index (χ0) is 13.1. The molecule has 1 aromatic rings. The van der Waals surface area contributed by atoms with Crippen molar-refractivity contribution in [2.75, 3.05) is 11.8 Å². The highest BCUT2D eigenvalue weighted by molar-refractivity contribution is 7.86. The Balaban J connectivity index is 0.000000209. The molecule has 0 unspecified atom stereocenters. The van der Waals surface area contributed by atoms with E-state index in [9.17, 15) is 13.0 Å². The van der Waals surface area contributed by atoms with E-state index in [4.69, 9.17) is 4.74 Å². The first-order chi connectivity index (χ1) is 7.76. The lowest BCUT2D eigenvalue weighted by Crippen LogP contribution is -2.18. The van der Waals surface area contributed by atoms with Crippen LogP contribution < -0.4 is 4.74 Å². The van der Waals surface area contributed by atoms with Gasteiger partial charge in [-0.2, -0.15) is 0 Å². The number of alkyl halides is 1. The summed E-state index contributed by atoms with van der Waals surface area (Å²) in [5.74, 6) is 1.05. The van der Waals surface area contributed by atoms with Crippen molar-refractivity contribution in [3.05, 3.63) is 29.8 Å². The highest BCUT2D eigenvalue weighted by Gasteiger charge is 2.30. The molecule has 0 radical (unpaired) electrons. The minimum atomic E-state index is -4.15. The quantitative estimate of drug-likeness (QED) is 0.582. The molecule has 2 rings (SSSR count). The van der Waals surface area contributed by atoms with Gasteiger partial charge in [-0.3, -0.25) is 0 Å². The average Bonchev–Trinajstić information content (AvgIpc) is 2.56. The van der Waals surface area contributed by atoms with Crippen LogP contribution in [0.25, 0.3) is 0 Å². The van der Waals surface area contributed by atoms with Gasteiger partial charge in [-0.15, -0.1) is 11.6 Å². The van der Waals surface area contributed by atoms with Crippen molar-refractivity contribution >= 4 is 21.7 Å². The van der Waals surface area contributed by atoms with E-state index in [0.29, 0.717) is 0 Å². The van der Waals surface area contributed by atoms with Crippen molar-refractivity contribution in [2.45, 2.75) is 19.3 Å². The first-order valence-corrected chi connectivity index (χ1v) is 7.09. The third-order valence-electron chi connectivity index (χ3n) is 2.34. The topological polar surface area (TPSA) is 66.4 Å². The lowest BCUT2D eigenvalue weighted by Gasteiger charge is -2.14. The predicted octanol–water partition coefficient (Wildman–Crippen LogP) is 2.08. The zero-order valence-electron chi connectivity index (χ0n) is 9.64. The number of fused-ring (bicyclic) bond motifs is 1. The summed E-state index contributed by atoms with van der Waals surface area (Å²) in [6.07, 6.45) is 0. The van der Waals surface area contributed by atoms with Crippen LogP contribution in [-0.2, 0) is 15.5 Å². The number of benzene rings is 1. The minimum absolute atomic E-state index is 0.205. The summed E-state index contributed by atoms with van der Waals surface area (Å²) >= 11 is 4.58. The Kier molecular flexibility index (Phi) is 4.41. The van der Waals surface area contributed by atoms with Crippen molar-refractivity contribution in [1.82, 2.24) is 0 Å². The van der Waals surface area contributed by atoms with Gasteiger partial charge < -0.3 is 9.29 Å². The summed E-state index contributed by atoms with van der Waals surface area (Å²) in [6.45, 7) is 5.23. The molecule has 0 saturated heterocycles. The molecule has 0 aromatic heterocycles. The summed E-state index contributed by atoms with van der Waals surface area (Å²) in [5.41, 5.74) is 1.54. The normalized spacial score (nSPS) is 16.5. The molecule has 0 fully saturated rings. The molecule has 96 valence electrons. The van der Waals surface area contributed by atoms with Gasteiger partial charge in [0.05, 0.1) is 6.61 Å². The SMILES string of the molecule is CC1(C)COc2ccccc21.O=S(=O)([O-])CCl. The first-order valence-electron chi connectivity index (χ1n) is 4.98. The molecule has 0 atom stereocenters. The number of rotatable bonds is 1. The average molecular weight is 278 g/mol. The molecule has 1 aromatic carbocycles. The number of para-hydroxylation sites is 1. The Hall–Kier alpha value is -0.780. The third kappa shape index (κ3) is 4.18. The second-order valence-corrected chi connectivity index (χ2v) is 6.32. The van der Waals surface area contributed by atoms with Gasteiger partial charge >= 0.3 is 0 Å². The standard InChI is InChI=1S/C10H12O.CH3ClO3S/c1-10(2)7-11-9-6-4-3-5-8(9)10;2-1-6(3,4)5/h3-6H,7H2,1-2H3;1H2,(H,3,4,5)/p-1. The molecular weight excluding hydrogens is 264 g/mol. The predicted molar refractivity (Wildman–Crippen MR) is 65.4 cm³/mol. The summed E-state index contributed by atoms with van der Waals surface area (Å²) < 4.78 is 33.5. The van der Waals surface area contributed by atoms with Crippen molar-refractivity contribution in [2.24, 2.45) is 0 Å². The summed E-state index contributed by atoms with van der Waals surface area (Å²) in [4.78, 5) is 0. The zero-order valence-corrected chi connectivity index (χ0v) is 11.2. The maximum absolute atomic E-state index is 9.31. The number of ether oxygens (including phenoxy) is 1. The molecule has 0 aliphatic carbocycles. The van der Waals surface area contributed by atoms with E-state index in [1.165, 1.54) is 5.56 Å². The van der Waals surface area contributed by atoms with Crippen LogP contribution in [0.2, 0.25) is 0 Å². The van der Waals surface area contributed by atoms with Crippen LogP contribution in [-0.4, -0.2) is 24.8 Å². The van der Waals surface area contributed by atoms with E-state index in [1.807, 2.05) is 12.1 Å². The van der Waals surface area contributed by atoms with Gasteiger partial charge in [-0.1, -0.05) is 32.0 Å². The molecule has 4 nitrogen and oxygen atoms in total. The fourth-order valence-corrected chi connectivity index (χ4v) is 1.49. The smallest absolute Gasteiger partial charge is 0.123 e. The monoisotopic (exact) mass is 277 g/mol. The van der Waals surface area contributed by atoms with E-state index >= 15 is 0 Å². The van der Waals surface area contributed by atoms with E-state index in [2.05, 4.69) is 37.6 Å². The van der Waals surface area contributed by atoms with E-state index < -0.39 is 15.3 Å². The molecule has 0 spiro atoms. The second-order valence-electron chi connectivity index (χ2n) is 4.34. The molecule has 0 N–H and O–H groups in total. The molecule has 1 heterocycles. The molecule has 0 amide bonds. The second kappa shape index (κ2) is 5.25. The lowest BCUT2D eigenvalue weighted by atomic mass is 9.87. The van der Waals surface area contributed by atoms with Crippen LogP contribution in [0.5, 0.6) is 5.75 Å². The van der Waals surface area contributed by atoms with Gasteiger partial charge in [0.1, 0.15) is 21.1 Å². The molecule has 0 bridgehead atoms. The van der Waals surface area contributed by atoms with Crippen LogP contribution in [0.3, 0.4) is 0 Å². The Labute approximate surface area is 106 Å². The molecule has 6 heteroatoms. The maximum atomic E-state index is 9.31. The van der Waals surface area contributed by atoms with Crippen LogP contribution in [0.15, 0.2) is 24.3 Å². The lowest BCUT2D eigenvalue weighted by molar-refractivity contribution is 0.291. The number of halogens is 1. The molecular formula is C11H14ClO4S-. The van der Waals surface area contributed by atoms with Crippen LogP contribution in [0.4, 0.5) is 0 Å². The van der Waals surface area contributed by atoms with Crippen molar-refractivity contribution in [1.29, 1.82) is 0 Å². The van der Waals surface area contributed by atoms with Gasteiger partial charge in [0.2, 0.25) is 0 Å². The van der Waals surface area contributed by atoms with E-state index in [1.54, 1.807) is 0 Å². The van der Waals surface area contributed by atoms with Gasteiger partial charge in [-0.05, 0) is 6.07 Å². The van der Waals surface area contributed by atoms with Gasteiger partial charge in [0, 0.05) is 11.0 Å². The van der Waals surface area contributed by atoms with Gasteiger partial charge in [-0.25, -0.2) is 8.42 Å². The highest BCUT2D eigenvalue weighted by atomic mass is 35.5. The van der Waals surface area contributed by atoms with Crippen molar-refractivity contribution in [3.8, 4) is 5.75 Å². The molecule has 1 aliphatic heterocycles. The molecule has 1 aliphatic rings. The summed E-state index contributed by atoms with van der Waals surface area (Å²) in [6, 6.07) is 8.25. The summed E-state index contributed by atoms with van der Waals surface area (Å²) in [5, 5.41) is -0.840. The van der Waals surface area contributed by atoms with Crippen LogP contribution >= 0.6 is 11.6 Å². The third-order valence-corrected chi connectivity index (χ3v) is 3.41. The van der Waals surface area contributed by atoms with Crippen molar-refractivity contribution < 1.29 is 17.7 Å². The molecule has 17 heavy (non-hydrogen) atoms. The van der Waals surface area contributed by atoms with E-state index in [0.717, 1.165) is 12.4 Å². The maximum Gasteiger partial charge on any atom is 0.123 e. The Bertz CT molecular complexity index is 482. The number of hydrogen-bond donors (Lipinski definition) is 0. The van der Waals surface area contributed by atoms with Gasteiger partial charge in [0.25, 0.3) is 0 Å². The van der Waals surface area contributed by atoms with Gasteiger partial charge in [0.15, 0.2) is 0 Å². The minimum Gasteiger partial charge on any atom is -0.747 e. The Morgan fingerprint density at radius 2 is 1.94 bits per heavy atom. The van der Waals surface area contributed by atoms with E-state index in [-0.39, 0.29) is 5.41 Å². The first kappa shape index (κ1) is 14.3. The summed E-state index contributed by atoms with van der Waals surface area (Å²) in [7, 11) is -4.15. The Morgan fingerprint density at radius 3 is 2.41 bits per heavy atom. The Morgan fingerprint density at radius 1 is 1.41 bits per heavy atom. The fraction of sp³-hybridized carbons (Fsp3) is 0.455.